The van der Waals surface area contributed by atoms with E-state index in [0.29, 0.717) is 37.5 Å². The van der Waals surface area contributed by atoms with Crippen LogP contribution >= 0.6 is 0 Å². The fraction of sp³-hybridized carbons (Fsp3) is 0.500. The summed E-state index contributed by atoms with van der Waals surface area (Å²) in [6.45, 7) is 4.55. The molecule has 2 N–H and O–H groups in total. The van der Waals surface area contributed by atoms with Crippen LogP contribution in [0.5, 0.6) is 0 Å². The Morgan fingerprint density at radius 1 is 1.32 bits per heavy atom. The molecule has 0 saturated heterocycles. The highest BCUT2D eigenvalue weighted by molar-refractivity contribution is 5.92. The molecule has 8 heteroatoms. The van der Waals surface area contributed by atoms with E-state index in [1.807, 2.05) is 17.0 Å². The van der Waals surface area contributed by atoms with Gasteiger partial charge in [0.15, 0.2) is 5.89 Å². The van der Waals surface area contributed by atoms with Crippen molar-refractivity contribution in [3.8, 4) is 0 Å². The van der Waals surface area contributed by atoms with Gasteiger partial charge in [-0.05, 0) is 31.4 Å². The maximum Gasteiger partial charge on any atom is 0.289 e. The van der Waals surface area contributed by atoms with Crippen LogP contribution in [0, 0.1) is 19.8 Å². The van der Waals surface area contributed by atoms with Gasteiger partial charge >= 0.3 is 0 Å². The van der Waals surface area contributed by atoms with Gasteiger partial charge in [-0.2, -0.15) is 0 Å². The summed E-state index contributed by atoms with van der Waals surface area (Å²) in [5.74, 6) is -0.122. The first-order chi connectivity index (χ1) is 13.4. The average molecular weight is 384 g/mol. The molecule has 3 atom stereocenters. The van der Waals surface area contributed by atoms with Crippen LogP contribution in [0.1, 0.15) is 46.2 Å². The molecule has 1 aliphatic heterocycles. The van der Waals surface area contributed by atoms with Gasteiger partial charge < -0.3 is 19.7 Å². The number of aliphatic hydroxyl groups is 1. The second-order valence-electron chi connectivity index (χ2n) is 7.58. The molecule has 148 valence electrons. The van der Waals surface area contributed by atoms with E-state index in [2.05, 4.69) is 15.3 Å². The number of pyridine rings is 1. The molecule has 2 amide bonds. The number of hydrogen-bond donors (Lipinski definition) is 2. The third-order valence-electron chi connectivity index (χ3n) is 5.58. The number of amides is 2. The number of nitrogens with one attached hydrogen (secondary N) is 1. The maximum absolute atomic E-state index is 13.0. The van der Waals surface area contributed by atoms with Crippen LogP contribution < -0.4 is 5.32 Å². The molecule has 2 aromatic rings. The normalized spacial score (nSPS) is 24.1. The largest absolute Gasteiger partial charge is 0.436 e. The van der Waals surface area contributed by atoms with Crippen LogP contribution in [-0.2, 0) is 17.8 Å². The minimum Gasteiger partial charge on any atom is -0.436 e. The van der Waals surface area contributed by atoms with Crippen LogP contribution in [0.15, 0.2) is 22.7 Å². The molecule has 28 heavy (non-hydrogen) atoms. The Kier molecular flexibility index (Phi) is 4.89. The quantitative estimate of drug-likeness (QED) is 0.822. The van der Waals surface area contributed by atoms with E-state index >= 15 is 0 Å². The lowest BCUT2D eigenvalue weighted by atomic mass is 10.0. The summed E-state index contributed by atoms with van der Waals surface area (Å²) in [7, 11) is 0. The van der Waals surface area contributed by atoms with Gasteiger partial charge in [-0.15, -0.1) is 0 Å². The van der Waals surface area contributed by atoms with Crippen LogP contribution in [0.4, 0.5) is 0 Å². The van der Waals surface area contributed by atoms with Gasteiger partial charge in [-0.1, -0.05) is 6.07 Å². The molecule has 8 nitrogen and oxygen atoms in total. The Morgan fingerprint density at radius 2 is 2.14 bits per heavy atom. The number of carbonyl (C=O) groups is 2. The van der Waals surface area contributed by atoms with E-state index in [1.54, 1.807) is 20.0 Å². The van der Waals surface area contributed by atoms with Gasteiger partial charge in [0.05, 0.1) is 17.8 Å². The summed E-state index contributed by atoms with van der Waals surface area (Å²) in [6.07, 6.45) is 2.50. The van der Waals surface area contributed by atoms with E-state index in [4.69, 9.17) is 4.42 Å². The lowest BCUT2D eigenvalue weighted by Gasteiger charge is -2.30. The van der Waals surface area contributed by atoms with Crippen molar-refractivity contribution >= 4 is 11.8 Å². The average Bonchev–Trinajstić information content (AvgIpc) is 3.22. The third kappa shape index (κ3) is 3.52. The number of oxazole rings is 1. The van der Waals surface area contributed by atoms with E-state index in [1.165, 1.54) is 0 Å². The van der Waals surface area contributed by atoms with Gasteiger partial charge in [0.25, 0.3) is 5.91 Å². The molecule has 4 rings (SSSR count). The molecule has 0 spiro atoms. The molecular weight excluding hydrogens is 360 g/mol. The van der Waals surface area contributed by atoms with Crippen LogP contribution in [0.3, 0.4) is 0 Å². The van der Waals surface area contributed by atoms with E-state index in [9.17, 15) is 14.7 Å². The second-order valence-corrected chi connectivity index (χ2v) is 7.58. The molecule has 3 heterocycles. The summed E-state index contributed by atoms with van der Waals surface area (Å²) in [5.41, 5.74) is 2.62. The molecular formula is C20H24N4O4. The summed E-state index contributed by atoms with van der Waals surface area (Å²) in [5, 5.41) is 13.2. The van der Waals surface area contributed by atoms with Crippen LogP contribution in [0.25, 0.3) is 0 Å². The lowest BCUT2D eigenvalue weighted by Crippen LogP contribution is -2.41. The number of aromatic nitrogens is 2. The van der Waals surface area contributed by atoms with Crippen molar-refractivity contribution in [3.05, 3.63) is 46.9 Å². The number of rotatable bonds is 3. The Morgan fingerprint density at radius 3 is 2.89 bits per heavy atom. The minimum absolute atomic E-state index is 0.0250. The van der Waals surface area contributed by atoms with E-state index in [0.717, 1.165) is 17.7 Å². The van der Waals surface area contributed by atoms with Crippen molar-refractivity contribution in [2.24, 2.45) is 5.92 Å². The summed E-state index contributed by atoms with van der Waals surface area (Å²) >= 11 is 0. The molecule has 0 aromatic carbocycles. The maximum atomic E-state index is 13.0. The molecule has 0 bridgehead atoms. The number of fused-ring (bicyclic) bond motifs is 1. The highest BCUT2D eigenvalue weighted by Crippen LogP contribution is 2.30. The monoisotopic (exact) mass is 384 g/mol. The number of nitrogens with zero attached hydrogens (tertiary/aromatic N) is 3. The van der Waals surface area contributed by atoms with Gasteiger partial charge in [-0.3, -0.25) is 14.6 Å². The summed E-state index contributed by atoms with van der Waals surface area (Å²) in [6, 6.07) is 3.39. The first kappa shape index (κ1) is 18.6. The number of aryl methyl sites for hydroxylation is 2. The van der Waals surface area contributed by atoms with Gasteiger partial charge in [-0.25, -0.2) is 4.98 Å². The Bertz CT molecular complexity index is 909. The number of aliphatic hydroxyl groups excluding tert-OH is 1. The second kappa shape index (κ2) is 7.35. The van der Waals surface area contributed by atoms with Crippen molar-refractivity contribution in [2.45, 2.75) is 51.8 Å². The van der Waals surface area contributed by atoms with Crippen molar-refractivity contribution in [1.82, 2.24) is 20.2 Å². The molecule has 2 aliphatic rings. The Labute approximate surface area is 163 Å². The highest BCUT2D eigenvalue weighted by Gasteiger charge is 2.40. The van der Waals surface area contributed by atoms with Crippen molar-refractivity contribution in [1.29, 1.82) is 0 Å². The molecule has 1 fully saturated rings. The first-order valence-corrected chi connectivity index (χ1v) is 9.57. The third-order valence-corrected chi connectivity index (χ3v) is 5.58. The fourth-order valence-corrected chi connectivity index (χ4v) is 4.16. The topological polar surface area (TPSA) is 109 Å². The molecule has 1 saturated carbocycles. The van der Waals surface area contributed by atoms with Gasteiger partial charge in [0.1, 0.15) is 0 Å². The van der Waals surface area contributed by atoms with Gasteiger partial charge in [0.2, 0.25) is 11.7 Å². The molecule has 0 unspecified atom stereocenters. The van der Waals surface area contributed by atoms with Crippen LogP contribution in [0.2, 0.25) is 0 Å². The Hall–Kier alpha value is -2.74. The summed E-state index contributed by atoms with van der Waals surface area (Å²) in [4.78, 5) is 35.7. The molecule has 2 aromatic heterocycles. The lowest BCUT2D eigenvalue weighted by molar-refractivity contribution is -0.136. The van der Waals surface area contributed by atoms with Gasteiger partial charge in [0, 0.05) is 44.2 Å². The fourth-order valence-electron chi connectivity index (χ4n) is 4.16. The standard InChI is InChI=1S/C20H24N4O4/c1-11-18(28-12(2)22-11)19(26)23-16-8-14(9-17(16)25)20(27)24-7-5-15-13(10-24)4-3-6-21-15/h3-4,6,14,16-17,25H,5,7-10H2,1-2H3,(H,23,26)/t14-,16-,17-/m0/s1. The first-order valence-electron chi connectivity index (χ1n) is 9.57. The van der Waals surface area contributed by atoms with Crippen molar-refractivity contribution in [3.63, 3.8) is 0 Å². The van der Waals surface area contributed by atoms with Crippen molar-refractivity contribution < 1.29 is 19.1 Å². The smallest absolute Gasteiger partial charge is 0.289 e. The number of carbonyl (C=O) groups excluding carboxylic acids is 2. The minimum atomic E-state index is -0.763. The predicted octanol–water partition coefficient (Wildman–Crippen LogP) is 1.14. The number of hydrogen-bond acceptors (Lipinski definition) is 6. The zero-order chi connectivity index (χ0) is 19.8. The zero-order valence-electron chi connectivity index (χ0n) is 16.0. The van der Waals surface area contributed by atoms with Crippen LogP contribution in [-0.4, -0.2) is 50.5 Å². The molecule has 1 aliphatic carbocycles. The molecule has 0 radical (unpaired) electrons. The van der Waals surface area contributed by atoms with E-state index in [-0.39, 0.29) is 17.6 Å². The van der Waals surface area contributed by atoms with E-state index < -0.39 is 18.1 Å². The Balaban J connectivity index is 1.39. The van der Waals surface area contributed by atoms with Crippen molar-refractivity contribution in [2.75, 3.05) is 6.54 Å². The highest BCUT2D eigenvalue weighted by atomic mass is 16.4. The predicted molar refractivity (Wildman–Crippen MR) is 99.3 cm³/mol. The SMILES string of the molecule is Cc1nc(C)c(C(=O)N[C@H]2C[C@H](C(=O)N3CCc4ncccc4C3)C[C@@H]2O)o1. The summed E-state index contributed by atoms with van der Waals surface area (Å²) < 4.78 is 5.34. The zero-order valence-corrected chi connectivity index (χ0v) is 16.0.